The highest BCUT2D eigenvalue weighted by Gasteiger charge is 2.11. The molecule has 0 saturated carbocycles. The van der Waals surface area contributed by atoms with Crippen LogP contribution in [0.3, 0.4) is 0 Å². The molecular formula is C16H21ClN4OS. The molecule has 23 heavy (non-hydrogen) atoms. The number of guanidine groups is 1. The zero-order valence-electron chi connectivity index (χ0n) is 13.2. The third-order valence-corrected chi connectivity index (χ3v) is 4.41. The van der Waals surface area contributed by atoms with Crippen LogP contribution in [0.2, 0.25) is 4.34 Å². The van der Waals surface area contributed by atoms with E-state index in [9.17, 15) is 5.11 Å². The molecule has 0 aliphatic carbocycles. The summed E-state index contributed by atoms with van der Waals surface area (Å²) in [5.74, 6) is 0.650. The number of aliphatic imine (C=N–C) groups is 1. The average Bonchev–Trinajstić information content (AvgIpc) is 2.96. The second kappa shape index (κ2) is 8.86. The largest absolute Gasteiger partial charge is 0.386 e. The van der Waals surface area contributed by atoms with E-state index in [1.165, 1.54) is 11.3 Å². The zero-order valence-corrected chi connectivity index (χ0v) is 14.8. The van der Waals surface area contributed by atoms with E-state index >= 15 is 0 Å². The molecule has 0 aliphatic rings. The first-order valence-electron chi connectivity index (χ1n) is 7.46. The van der Waals surface area contributed by atoms with Gasteiger partial charge in [0.05, 0.1) is 16.6 Å². The molecule has 0 bridgehead atoms. The molecule has 2 rings (SSSR count). The van der Waals surface area contributed by atoms with Crippen LogP contribution in [0.25, 0.3) is 0 Å². The molecule has 2 aromatic rings. The number of aromatic nitrogens is 1. The zero-order chi connectivity index (χ0) is 16.7. The van der Waals surface area contributed by atoms with Crippen LogP contribution in [-0.4, -0.2) is 29.1 Å². The van der Waals surface area contributed by atoms with Crippen molar-refractivity contribution in [3.8, 4) is 0 Å². The monoisotopic (exact) mass is 352 g/mol. The van der Waals surface area contributed by atoms with E-state index in [0.717, 1.165) is 22.8 Å². The van der Waals surface area contributed by atoms with Crippen molar-refractivity contribution in [2.75, 3.05) is 13.1 Å². The molecule has 0 radical (unpaired) electrons. The van der Waals surface area contributed by atoms with E-state index in [1.54, 1.807) is 6.07 Å². The van der Waals surface area contributed by atoms with Gasteiger partial charge in [-0.3, -0.25) is 4.98 Å². The second-order valence-corrected chi connectivity index (χ2v) is 6.75. The second-order valence-electron chi connectivity index (χ2n) is 5.00. The predicted octanol–water partition coefficient (Wildman–Crippen LogP) is 2.89. The van der Waals surface area contributed by atoms with Crippen molar-refractivity contribution >= 4 is 28.9 Å². The topological polar surface area (TPSA) is 69.5 Å². The SMILES string of the molecule is CCNC(=NCc1cccc(C)n1)NCC(O)c1ccc(Cl)s1. The molecule has 5 nitrogen and oxygen atoms in total. The van der Waals surface area contributed by atoms with Gasteiger partial charge in [-0.15, -0.1) is 11.3 Å². The fourth-order valence-electron chi connectivity index (χ4n) is 1.99. The highest BCUT2D eigenvalue weighted by atomic mass is 35.5. The first-order chi connectivity index (χ1) is 11.1. The Morgan fingerprint density at radius 3 is 2.83 bits per heavy atom. The van der Waals surface area contributed by atoms with Gasteiger partial charge in [0.25, 0.3) is 0 Å². The molecule has 0 aromatic carbocycles. The Bertz CT molecular complexity index is 659. The number of hydrogen-bond acceptors (Lipinski definition) is 4. The first kappa shape index (κ1) is 17.7. The molecule has 1 atom stereocenters. The molecule has 7 heteroatoms. The standard InChI is InChI=1S/C16H21ClN4OS/c1-3-18-16(19-9-12-6-4-5-11(2)21-12)20-10-13(22)14-7-8-15(17)23-14/h4-8,13,22H,3,9-10H2,1-2H3,(H2,18,19,20). The number of hydrogen-bond donors (Lipinski definition) is 3. The first-order valence-corrected chi connectivity index (χ1v) is 8.66. The summed E-state index contributed by atoms with van der Waals surface area (Å²) in [5.41, 5.74) is 1.88. The lowest BCUT2D eigenvalue weighted by molar-refractivity contribution is 0.184. The Labute approximate surface area is 145 Å². The lowest BCUT2D eigenvalue weighted by Gasteiger charge is -2.14. The Hall–Kier alpha value is -1.63. The van der Waals surface area contributed by atoms with Crippen molar-refractivity contribution in [1.82, 2.24) is 15.6 Å². The van der Waals surface area contributed by atoms with Gasteiger partial charge in [-0.25, -0.2) is 4.99 Å². The lowest BCUT2D eigenvalue weighted by atomic mass is 10.3. The summed E-state index contributed by atoms with van der Waals surface area (Å²) < 4.78 is 0.671. The molecular weight excluding hydrogens is 332 g/mol. The van der Waals surface area contributed by atoms with Gasteiger partial charge in [0.15, 0.2) is 5.96 Å². The van der Waals surface area contributed by atoms with Crippen molar-refractivity contribution in [2.45, 2.75) is 26.5 Å². The minimum absolute atomic E-state index is 0.365. The van der Waals surface area contributed by atoms with E-state index in [1.807, 2.05) is 38.1 Å². The van der Waals surface area contributed by atoms with Crippen LogP contribution in [0.4, 0.5) is 0 Å². The molecule has 1 unspecified atom stereocenters. The highest BCUT2D eigenvalue weighted by molar-refractivity contribution is 7.16. The summed E-state index contributed by atoms with van der Waals surface area (Å²) in [6, 6.07) is 9.49. The van der Waals surface area contributed by atoms with Gasteiger partial charge in [-0.2, -0.15) is 0 Å². The van der Waals surface area contributed by atoms with Gasteiger partial charge in [0.2, 0.25) is 0 Å². The van der Waals surface area contributed by atoms with Crippen molar-refractivity contribution in [3.63, 3.8) is 0 Å². The summed E-state index contributed by atoms with van der Waals surface area (Å²) in [7, 11) is 0. The predicted molar refractivity (Wildman–Crippen MR) is 96.1 cm³/mol. The van der Waals surface area contributed by atoms with Crippen LogP contribution in [0, 0.1) is 6.92 Å². The molecule has 2 heterocycles. The number of pyridine rings is 1. The Kier molecular flexibility index (Phi) is 6.83. The maximum absolute atomic E-state index is 10.2. The summed E-state index contributed by atoms with van der Waals surface area (Å²) in [6.07, 6.45) is -0.617. The van der Waals surface area contributed by atoms with Crippen LogP contribution in [0.1, 0.15) is 29.3 Å². The summed E-state index contributed by atoms with van der Waals surface area (Å²) in [6.45, 7) is 5.55. The molecule has 0 spiro atoms. The highest BCUT2D eigenvalue weighted by Crippen LogP contribution is 2.26. The quantitative estimate of drug-likeness (QED) is 0.552. The van der Waals surface area contributed by atoms with Crippen LogP contribution >= 0.6 is 22.9 Å². The van der Waals surface area contributed by atoms with Crippen molar-refractivity contribution in [3.05, 3.63) is 50.9 Å². The van der Waals surface area contributed by atoms with E-state index in [4.69, 9.17) is 11.6 Å². The Morgan fingerprint density at radius 1 is 1.35 bits per heavy atom. The average molecular weight is 353 g/mol. The number of halogens is 1. The number of nitrogens with one attached hydrogen (secondary N) is 2. The smallest absolute Gasteiger partial charge is 0.191 e. The fourth-order valence-corrected chi connectivity index (χ4v) is 3.04. The van der Waals surface area contributed by atoms with Crippen molar-refractivity contribution < 1.29 is 5.11 Å². The van der Waals surface area contributed by atoms with E-state index in [-0.39, 0.29) is 0 Å². The van der Waals surface area contributed by atoms with Crippen molar-refractivity contribution in [2.24, 2.45) is 4.99 Å². The van der Waals surface area contributed by atoms with Gasteiger partial charge < -0.3 is 15.7 Å². The number of aryl methyl sites for hydroxylation is 1. The number of rotatable bonds is 6. The van der Waals surface area contributed by atoms with Crippen molar-refractivity contribution in [1.29, 1.82) is 0 Å². The fraction of sp³-hybridized carbons (Fsp3) is 0.375. The number of thiophene rings is 1. The minimum Gasteiger partial charge on any atom is -0.386 e. The maximum atomic E-state index is 10.2. The van der Waals surface area contributed by atoms with Gasteiger partial charge in [0.1, 0.15) is 6.10 Å². The van der Waals surface area contributed by atoms with Crippen LogP contribution < -0.4 is 10.6 Å². The normalized spacial score (nSPS) is 13.0. The molecule has 0 amide bonds. The van der Waals surface area contributed by atoms with Gasteiger partial charge in [0, 0.05) is 23.7 Å². The number of aliphatic hydroxyl groups is 1. The molecule has 124 valence electrons. The van der Waals surface area contributed by atoms with Crippen LogP contribution in [-0.2, 0) is 6.54 Å². The Morgan fingerprint density at radius 2 is 2.17 bits per heavy atom. The molecule has 0 saturated heterocycles. The van der Waals surface area contributed by atoms with E-state index < -0.39 is 6.10 Å². The summed E-state index contributed by atoms with van der Waals surface area (Å²) in [5, 5.41) is 16.5. The minimum atomic E-state index is -0.617. The third kappa shape index (κ3) is 5.82. The number of nitrogens with zero attached hydrogens (tertiary/aromatic N) is 2. The van der Waals surface area contributed by atoms with Gasteiger partial charge >= 0.3 is 0 Å². The molecule has 0 aliphatic heterocycles. The Balaban J connectivity index is 1.93. The van der Waals surface area contributed by atoms with Crippen LogP contribution in [0.15, 0.2) is 35.3 Å². The summed E-state index contributed by atoms with van der Waals surface area (Å²) >= 11 is 7.27. The van der Waals surface area contributed by atoms with E-state index in [0.29, 0.717) is 23.4 Å². The van der Waals surface area contributed by atoms with Gasteiger partial charge in [-0.05, 0) is 38.1 Å². The third-order valence-electron chi connectivity index (χ3n) is 3.07. The molecule has 0 fully saturated rings. The molecule has 3 N–H and O–H groups in total. The summed E-state index contributed by atoms with van der Waals surface area (Å²) in [4.78, 5) is 9.75. The number of aliphatic hydroxyl groups excluding tert-OH is 1. The van der Waals surface area contributed by atoms with Gasteiger partial charge in [-0.1, -0.05) is 17.7 Å². The lowest BCUT2D eigenvalue weighted by Crippen LogP contribution is -2.39. The molecule has 2 aromatic heterocycles. The maximum Gasteiger partial charge on any atom is 0.191 e. The van der Waals surface area contributed by atoms with E-state index in [2.05, 4.69) is 20.6 Å². The van der Waals surface area contributed by atoms with Crippen LogP contribution in [0.5, 0.6) is 0 Å².